The predicted octanol–water partition coefficient (Wildman–Crippen LogP) is 3.00. The number of hydrogen-bond acceptors (Lipinski definition) is 0. The first-order valence-electron chi connectivity index (χ1n) is 3.52. The third-order valence-corrected chi connectivity index (χ3v) is 1.22. The minimum atomic E-state index is 0.990. The molecule has 0 nitrogen and oxygen atoms in total. The van der Waals surface area contributed by atoms with Crippen LogP contribution in [0.1, 0.15) is 39.0 Å². The van der Waals surface area contributed by atoms with Gasteiger partial charge in [0.25, 0.3) is 0 Å². The SMILES string of the molecule is [CH2]C[CH]CCCCC. The van der Waals surface area contributed by atoms with Gasteiger partial charge in [-0.2, -0.15) is 0 Å². The third kappa shape index (κ3) is 6.00. The van der Waals surface area contributed by atoms with Crippen molar-refractivity contribution in [3.05, 3.63) is 13.3 Å². The molecule has 0 heterocycles. The fourth-order valence-electron chi connectivity index (χ4n) is 0.683. The van der Waals surface area contributed by atoms with Gasteiger partial charge in [0.2, 0.25) is 0 Å². The highest BCUT2D eigenvalue weighted by Crippen LogP contribution is 2.02. The van der Waals surface area contributed by atoms with Crippen LogP contribution < -0.4 is 0 Å². The molecule has 0 aromatic rings. The van der Waals surface area contributed by atoms with Crippen LogP contribution in [0.3, 0.4) is 0 Å². The first-order valence-corrected chi connectivity index (χ1v) is 3.52. The van der Waals surface area contributed by atoms with Crippen LogP contribution in [0.5, 0.6) is 0 Å². The molecule has 0 N–H and O–H groups in total. The zero-order valence-electron chi connectivity index (χ0n) is 5.82. The summed E-state index contributed by atoms with van der Waals surface area (Å²) in [6.45, 7) is 5.95. The van der Waals surface area contributed by atoms with Crippen LogP contribution >= 0.6 is 0 Å². The molecule has 48 valence electrons. The van der Waals surface area contributed by atoms with Crippen LogP contribution in [0.25, 0.3) is 0 Å². The molecule has 0 saturated carbocycles. The summed E-state index contributed by atoms with van der Waals surface area (Å²) in [6, 6.07) is 0. The van der Waals surface area contributed by atoms with Crippen molar-refractivity contribution in [3.63, 3.8) is 0 Å². The fourth-order valence-corrected chi connectivity index (χ4v) is 0.683. The van der Waals surface area contributed by atoms with Gasteiger partial charge >= 0.3 is 0 Å². The summed E-state index contributed by atoms with van der Waals surface area (Å²) >= 11 is 0. The minimum Gasteiger partial charge on any atom is -0.0654 e. The van der Waals surface area contributed by atoms with E-state index < -0.39 is 0 Å². The van der Waals surface area contributed by atoms with E-state index in [2.05, 4.69) is 20.3 Å². The van der Waals surface area contributed by atoms with Gasteiger partial charge in [0.15, 0.2) is 0 Å². The molecule has 0 aromatic heterocycles. The zero-order chi connectivity index (χ0) is 6.24. The topological polar surface area (TPSA) is 0 Å². The van der Waals surface area contributed by atoms with Crippen molar-refractivity contribution in [2.75, 3.05) is 0 Å². The first kappa shape index (κ1) is 8.00. The molecule has 0 amide bonds. The first-order chi connectivity index (χ1) is 3.91. The van der Waals surface area contributed by atoms with E-state index in [0.717, 1.165) is 6.42 Å². The second-order valence-corrected chi connectivity index (χ2v) is 2.07. The molecule has 0 fully saturated rings. The normalized spacial score (nSPS) is 9.75. The summed E-state index contributed by atoms with van der Waals surface area (Å²) in [5, 5.41) is 0. The highest BCUT2D eigenvalue weighted by molar-refractivity contribution is 4.64. The summed E-state index contributed by atoms with van der Waals surface area (Å²) < 4.78 is 0. The van der Waals surface area contributed by atoms with E-state index in [1.54, 1.807) is 0 Å². The Bertz CT molecular complexity index is 25.0. The lowest BCUT2D eigenvalue weighted by Gasteiger charge is -1.93. The highest BCUT2D eigenvalue weighted by atomic mass is 13.9. The number of rotatable bonds is 5. The molecule has 0 aliphatic rings. The summed E-state index contributed by atoms with van der Waals surface area (Å²) in [5.41, 5.74) is 0. The van der Waals surface area contributed by atoms with E-state index in [-0.39, 0.29) is 0 Å². The van der Waals surface area contributed by atoms with Gasteiger partial charge in [0.1, 0.15) is 0 Å². The summed E-state index contributed by atoms with van der Waals surface area (Å²) in [4.78, 5) is 0. The predicted molar refractivity (Wildman–Crippen MR) is 38.4 cm³/mol. The maximum absolute atomic E-state index is 3.73. The molecule has 0 saturated heterocycles. The Morgan fingerprint density at radius 1 is 1.38 bits per heavy atom. The van der Waals surface area contributed by atoms with Gasteiger partial charge in [-0.3, -0.25) is 0 Å². The Morgan fingerprint density at radius 2 is 2.12 bits per heavy atom. The third-order valence-electron chi connectivity index (χ3n) is 1.22. The molecule has 0 unspecified atom stereocenters. The lowest BCUT2D eigenvalue weighted by molar-refractivity contribution is 0.703. The molecule has 2 radical (unpaired) electrons. The van der Waals surface area contributed by atoms with Crippen LogP contribution in [0.2, 0.25) is 0 Å². The van der Waals surface area contributed by atoms with Crippen molar-refractivity contribution in [1.29, 1.82) is 0 Å². The van der Waals surface area contributed by atoms with Gasteiger partial charge in [0.05, 0.1) is 0 Å². The van der Waals surface area contributed by atoms with Crippen molar-refractivity contribution in [1.82, 2.24) is 0 Å². The Hall–Kier alpha value is 0. The van der Waals surface area contributed by atoms with Gasteiger partial charge in [-0.15, -0.1) is 0 Å². The quantitative estimate of drug-likeness (QED) is 0.479. The van der Waals surface area contributed by atoms with Crippen molar-refractivity contribution < 1.29 is 0 Å². The van der Waals surface area contributed by atoms with E-state index in [4.69, 9.17) is 0 Å². The van der Waals surface area contributed by atoms with Crippen LogP contribution in [-0.4, -0.2) is 0 Å². The summed E-state index contributed by atoms with van der Waals surface area (Å²) in [5.74, 6) is 0. The second kappa shape index (κ2) is 7.00. The standard InChI is InChI=1S/C8H16/c1-3-5-7-8-6-4-2/h5H,1,3-4,6-8H2,2H3. The summed E-state index contributed by atoms with van der Waals surface area (Å²) in [6.07, 6.45) is 8.55. The smallest absolute Gasteiger partial charge is 0.0386 e. The van der Waals surface area contributed by atoms with Crippen LogP contribution in [0.4, 0.5) is 0 Å². The van der Waals surface area contributed by atoms with E-state index in [9.17, 15) is 0 Å². The average Bonchev–Trinajstić information content (AvgIpc) is 1.81. The maximum Gasteiger partial charge on any atom is -0.0386 e. The molecular formula is C8H16. The molecule has 0 aromatic carbocycles. The zero-order valence-corrected chi connectivity index (χ0v) is 5.82. The van der Waals surface area contributed by atoms with Crippen molar-refractivity contribution in [3.8, 4) is 0 Å². The van der Waals surface area contributed by atoms with E-state index in [1.807, 2.05) is 0 Å². The van der Waals surface area contributed by atoms with E-state index >= 15 is 0 Å². The van der Waals surface area contributed by atoms with E-state index in [1.165, 1.54) is 25.7 Å². The fraction of sp³-hybridized carbons (Fsp3) is 0.750. The molecule has 8 heavy (non-hydrogen) atoms. The number of unbranched alkanes of at least 4 members (excludes halogenated alkanes) is 5. The van der Waals surface area contributed by atoms with Crippen LogP contribution in [0.15, 0.2) is 0 Å². The Kier molecular flexibility index (Phi) is 7.00. The van der Waals surface area contributed by atoms with Crippen molar-refractivity contribution in [2.24, 2.45) is 0 Å². The molecule has 0 spiro atoms. The van der Waals surface area contributed by atoms with Gasteiger partial charge in [0, 0.05) is 0 Å². The summed E-state index contributed by atoms with van der Waals surface area (Å²) in [7, 11) is 0. The van der Waals surface area contributed by atoms with Gasteiger partial charge < -0.3 is 0 Å². The Labute approximate surface area is 53.3 Å². The Morgan fingerprint density at radius 3 is 2.62 bits per heavy atom. The molecular weight excluding hydrogens is 96.1 g/mol. The molecule has 0 rings (SSSR count). The highest BCUT2D eigenvalue weighted by Gasteiger charge is 1.83. The molecule has 0 heteroatoms. The molecule has 0 bridgehead atoms. The largest absolute Gasteiger partial charge is 0.0654 e. The monoisotopic (exact) mass is 112 g/mol. The van der Waals surface area contributed by atoms with Crippen LogP contribution in [-0.2, 0) is 0 Å². The van der Waals surface area contributed by atoms with Crippen LogP contribution in [0, 0.1) is 13.3 Å². The van der Waals surface area contributed by atoms with E-state index in [0.29, 0.717) is 0 Å². The van der Waals surface area contributed by atoms with Crippen molar-refractivity contribution >= 4 is 0 Å². The molecule has 0 aliphatic heterocycles. The number of hydrogen-bond donors (Lipinski definition) is 0. The second-order valence-electron chi connectivity index (χ2n) is 2.07. The lowest BCUT2D eigenvalue weighted by Crippen LogP contribution is -1.75. The maximum atomic E-state index is 3.73. The van der Waals surface area contributed by atoms with Gasteiger partial charge in [-0.05, 0) is 6.42 Å². The Balaban J connectivity index is 2.53. The van der Waals surface area contributed by atoms with Crippen molar-refractivity contribution in [2.45, 2.75) is 39.0 Å². The van der Waals surface area contributed by atoms with Gasteiger partial charge in [-0.1, -0.05) is 46.0 Å². The molecule has 0 atom stereocenters. The average molecular weight is 112 g/mol. The lowest BCUT2D eigenvalue weighted by atomic mass is 10.1. The minimum absolute atomic E-state index is 0.990. The van der Waals surface area contributed by atoms with Gasteiger partial charge in [-0.25, -0.2) is 0 Å². The molecule has 0 aliphatic carbocycles.